The van der Waals surface area contributed by atoms with Crippen LogP contribution in [0.4, 0.5) is 0 Å². The molecule has 0 N–H and O–H groups in total. The Bertz CT molecular complexity index is 723. The molecule has 4 heteroatoms. The lowest BCUT2D eigenvalue weighted by Gasteiger charge is -2.11. The first-order chi connectivity index (χ1) is 10.4. The summed E-state index contributed by atoms with van der Waals surface area (Å²) in [7, 11) is 0. The maximum absolute atomic E-state index is 12.5. The summed E-state index contributed by atoms with van der Waals surface area (Å²) in [5, 5.41) is 0. The minimum absolute atomic E-state index is 0.0165. The third kappa shape index (κ3) is 3.56. The van der Waals surface area contributed by atoms with Crippen LogP contribution in [0.1, 0.15) is 42.0 Å². The number of rotatable bonds is 6. The molecule has 0 atom stereocenters. The van der Waals surface area contributed by atoms with Gasteiger partial charge in [0, 0.05) is 35.8 Å². The number of aromatic nitrogens is 2. The summed E-state index contributed by atoms with van der Waals surface area (Å²) in [6, 6.07) is 6.85. The fourth-order valence-electron chi connectivity index (χ4n) is 2.65. The number of Topliss-reactive ketones (excluding diaryl/α,β-unsaturated/α-hetero) is 1. The number of hydrogen-bond donors (Lipinski definition) is 0. The topological polar surface area (TPSA) is 44.0 Å². The van der Waals surface area contributed by atoms with Crippen LogP contribution in [0.2, 0.25) is 0 Å². The lowest BCUT2D eigenvalue weighted by molar-refractivity contribution is 0.0970. The van der Waals surface area contributed by atoms with E-state index < -0.39 is 0 Å². The lowest BCUT2D eigenvalue weighted by atomic mass is 10.1. The van der Waals surface area contributed by atoms with Gasteiger partial charge in [-0.3, -0.25) is 9.59 Å². The number of carbonyl (C=O) groups excluding carboxylic acids is 1. The molecule has 0 radical (unpaired) electrons. The highest BCUT2D eigenvalue weighted by atomic mass is 16.1. The van der Waals surface area contributed by atoms with Crippen LogP contribution in [0.3, 0.4) is 0 Å². The van der Waals surface area contributed by atoms with E-state index in [1.54, 1.807) is 18.3 Å². The zero-order chi connectivity index (χ0) is 16.3. The first-order valence-electron chi connectivity index (χ1n) is 7.75. The molecule has 0 saturated carbocycles. The minimum Gasteiger partial charge on any atom is -0.348 e. The molecule has 2 rings (SSSR count). The van der Waals surface area contributed by atoms with Crippen LogP contribution in [-0.4, -0.2) is 14.9 Å². The highest BCUT2D eigenvalue weighted by molar-refractivity contribution is 5.97. The first kappa shape index (κ1) is 16.3. The summed E-state index contributed by atoms with van der Waals surface area (Å²) in [5.41, 5.74) is 2.66. The molecule has 0 unspecified atom stereocenters. The van der Waals surface area contributed by atoms with Crippen molar-refractivity contribution in [3.05, 3.63) is 57.8 Å². The van der Waals surface area contributed by atoms with Gasteiger partial charge in [-0.05, 0) is 38.3 Å². The highest BCUT2D eigenvalue weighted by Crippen LogP contribution is 2.18. The first-order valence-corrected chi connectivity index (χ1v) is 7.75. The van der Waals surface area contributed by atoms with Gasteiger partial charge in [-0.2, -0.15) is 0 Å². The van der Waals surface area contributed by atoms with E-state index in [1.165, 1.54) is 10.6 Å². The summed E-state index contributed by atoms with van der Waals surface area (Å²) >= 11 is 0. The Morgan fingerprint density at radius 2 is 1.95 bits per heavy atom. The molecule has 0 aliphatic carbocycles. The Labute approximate surface area is 131 Å². The van der Waals surface area contributed by atoms with Gasteiger partial charge < -0.3 is 9.13 Å². The third-order valence-electron chi connectivity index (χ3n) is 4.02. The predicted octanol–water partition coefficient (Wildman–Crippen LogP) is 3.20. The van der Waals surface area contributed by atoms with Crippen molar-refractivity contribution in [1.82, 2.24) is 9.13 Å². The Hall–Kier alpha value is -2.10. The average Bonchev–Trinajstić information content (AvgIpc) is 2.74. The molecule has 0 amide bonds. The maximum atomic E-state index is 12.5. The molecule has 0 aromatic carbocycles. The van der Waals surface area contributed by atoms with Crippen LogP contribution in [0.25, 0.3) is 0 Å². The normalized spacial score (nSPS) is 11.1. The smallest absolute Gasteiger partial charge is 0.250 e. The van der Waals surface area contributed by atoms with Crippen LogP contribution in [0.15, 0.2) is 35.3 Å². The Balaban J connectivity index is 2.22. The summed E-state index contributed by atoms with van der Waals surface area (Å²) in [6.45, 7) is 9.42. The molecule has 118 valence electrons. The van der Waals surface area contributed by atoms with E-state index in [1.807, 2.05) is 19.9 Å². The van der Waals surface area contributed by atoms with Crippen molar-refractivity contribution < 1.29 is 4.79 Å². The maximum Gasteiger partial charge on any atom is 0.250 e. The Morgan fingerprint density at radius 3 is 2.59 bits per heavy atom. The SMILES string of the molecule is Cc1cc(C(=O)Cn2ccccc2=O)c(C)n1CCC(C)C. The van der Waals surface area contributed by atoms with E-state index >= 15 is 0 Å². The molecule has 2 aromatic heterocycles. The molecule has 0 bridgehead atoms. The molecule has 0 fully saturated rings. The van der Waals surface area contributed by atoms with Crippen LogP contribution < -0.4 is 5.56 Å². The quantitative estimate of drug-likeness (QED) is 0.769. The minimum atomic E-state index is -0.149. The van der Waals surface area contributed by atoms with Gasteiger partial charge >= 0.3 is 0 Å². The van der Waals surface area contributed by atoms with Crippen molar-refractivity contribution in [2.75, 3.05) is 0 Å². The second kappa shape index (κ2) is 6.77. The van der Waals surface area contributed by atoms with Gasteiger partial charge in [0.15, 0.2) is 5.78 Å². The lowest BCUT2D eigenvalue weighted by Crippen LogP contribution is -2.22. The van der Waals surface area contributed by atoms with E-state index in [4.69, 9.17) is 0 Å². The second-order valence-corrected chi connectivity index (χ2v) is 6.21. The average molecular weight is 300 g/mol. The van der Waals surface area contributed by atoms with Gasteiger partial charge in [0.2, 0.25) is 0 Å². The zero-order valence-corrected chi connectivity index (χ0v) is 13.8. The fraction of sp³-hybridized carbons (Fsp3) is 0.444. The van der Waals surface area contributed by atoms with E-state index in [9.17, 15) is 9.59 Å². The van der Waals surface area contributed by atoms with E-state index in [-0.39, 0.29) is 17.9 Å². The molecule has 0 spiro atoms. The van der Waals surface area contributed by atoms with E-state index in [0.29, 0.717) is 5.92 Å². The van der Waals surface area contributed by atoms with Crippen molar-refractivity contribution in [3.63, 3.8) is 0 Å². The van der Waals surface area contributed by atoms with Gasteiger partial charge in [0.25, 0.3) is 5.56 Å². The summed E-state index contributed by atoms with van der Waals surface area (Å²) < 4.78 is 3.64. The molecular weight excluding hydrogens is 276 g/mol. The zero-order valence-electron chi connectivity index (χ0n) is 13.8. The molecule has 2 aromatic rings. The van der Waals surface area contributed by atoms with Gasteiger partial charge in [0.1, 0.15) is 0 Å². The number of pyridine rings is 1. The molecule has 0 aliphatic rings. The van der Waals surface area contributed by atoms with Crippen molar-refractivity contribution in [1.29, 1.82) is 0 Å². The largest absolute Gasteiger partial charge is 0.348 e. The van der Waals surface area contributed by atoms with Crippen molar-refractivity contribution in [2.24, 2.45) is 5.92 Å². The Kier molecular flexibility index (Phi) is 5.01. The van der Waals surface area contributed by atoms with Crippen molar-refractivity contribution in [2.45, 2.75) is 47.2 Å². The van der Waals surface area contributed by atoms with E-state index in [0.717, 1.165) is 29.9 Å². The molecule has 2 heterocycles. The number of carbonyl (C=O) groups is 1. The van der Waals surface area contributed by atoms with Gasteiger partial charge in [0.05, 0.1) is 6.54 Å². The number of aryl methyl sites for hydroxylation is 1. The van der Waals surface area contributed by atoms with E-state index in [2.05, 4.69) is 18.4 Å². The Morgan fingerprint density at radius 1 is 1.23 bits per heavy atom. The number of nitrogens with zero attached hydrogens (tertiary/aromatic N) is 2. The third-order valence-corrected chi connectivity index (χ3v) is 4.02. The molecule has 0 aliphatic heterocycles. The summed E-state index contributed by atoms with van der Waals surface area (Å²) in [4.78, 5) is 24.2. The van der Waals surface area contributed by atoms with Crippen molar-refractivity contribution >= 4 is 5.78 Å². The molecule has 4 nitrogen and oxygen atoms in total. The van der Waals surface area contributed by atoms with Gasteiger partial charge in [-0.25, -0.2) is 0 Å². The van der Waals surface area contributed by atoms with Crippen LogP contribution in [0, 0.1) is 19.8 Å². The summed E-state index contributed by atoms with van der Waals surface area (Å²) in [5.74, 6) is 0.612. The van der Waals surface area contributed by atoms with Crippen molar-refractivity contribution in [3.8, 4) is 0 Å². The molecular formula is C18H24N2O2. The molecule has 0 saturated heterocycles. The van der Waals surface area contributed by atoms with Crippen LogP contribution >= 0.6 is 0 Å². The predicted molar refractivity (Wildman–Crippen MR) is 88.4 cm³/mol. The molecule has 22 heavy (non-hydrogen) atoms. The second-order valence-electron chi connectivity index (χ2n) is 6.21. The fourth-order valence-corrected chi connectivity index (χ4v) is 2.65. The van der Waals surface area contributed by atoms with Crippen LogP contribution in [-0.2, 0) is 13.1 Å². The number of hydrogen-bond acceptors (Lipinski definition) is 2. The van der Waals surface area contributed by atoms with Gasteiger partial charge in [-0.15, -0.1) is 0 Å². The summed E-state index contributed by atoms with van der Waals surface area (Å²) in [6.07, 6.45) is 2.74. The van der Waals surface area contributed by atoms with Gasteiger partial charge in [-0.1, -0.05) is 19.9 Å². The standard InChI is InChI=1S/C18H24N2O2/c1-13(2)8-10-20-14(3)11-16(15(20)4)17(21)12-19-9-6-5-7-18(19)22/h5-7,9,11,13H,8,10,12H2,1-4H3. The monoisotopic (exact) mass is 300 g/mol. The highest BCUT2D eigenvalue weighted by Gasteiger charge is 2.16. The van der Waals surface area contributed by atoms with Crippen LogP contribution in [0.5, 0.6) is 0 Å². The number of ketones is 1.